The van der Waals surface area contributed by atoms with Crippen molar-refractivity contribution in [1.29, 1.82) is 0 Å². The summed E-state index contributed by atoms with van der Waals surface area (Å²) in [6.07, 6.45) is 0.282. The molecule has 1 aromatic carbocycles. The van der Waals surface area contributed by atoms with E-state index in [-0.39, 0.29) is 18.8 Å². The van der Waals surface area contributed by atoms with E-state index in [1.54, 1.807) is 0 Å². The maximum atomic E-state index is 12.2. The molecule has 0 aliphatic heterocycles. The van der Waals surface area contributed by atoms with Crippen LogP contribution < -0.4 is 5.54 Å². The first kappa shape index (κ1) is 13.9. The maximum absolute atomic E-state index is 12.2. The molecule has 0 radical (unpaired) electrons. The lowest BCUT2D eigenvalue weighted by molar-refractivity contribution is -0.144. The van der Waals surface area contributed by atoms with Crippen LogP contribution in [-0.2, 0) is 16.0 Å². The molecule has 0 saturated carbocycles. The number of ether oxygens (including phenoxy) is 1. The number of hydrogen-bond donors (Lipinski definition) is 1. The van der Waals surface area contributed by atoms with E-state index >= 15 is 0 Å². The molecule has 1 aromatic rings. The largest absolute Gasteiger partial charge is 0.468 e. The van der Waals surface area contributed by atoms with Gasteiger partial charge in [0, 0.05) is 6.42 Å². The highest BCUT2D eigenvalue weighted by Crippen LogP contribution is 2.04. The first-order chi connectivity index (χ1) is 6.77. The van der Waals surface area contributed by atoms with Crippen LogP contribution in [0.1, 0.15) is 5.56 Å². The second kappa shape index (κ2) is 7.20. The lowest BCUT2D eigenvalue weighted by atomic mass is 10.1. The van der Waals surface area contributed by atoms with Crippen molar-refractivity contribution in [2.75, 3.05) is 7.11 Å². The smallest absolute Gasteiger partial charge is 0.325 e. The first-order valence-corrected chi connectivity index (χ1v) is 4.26. The molecule has 1 unspecified atom stereocenters. The summed E-state index contributed by atoms with van der Waals surface area (Å²) in [5, 5.41) is 0. The van der Waals surface area contributed by atoms with Gasteiger partial charge in [0.25, 0.3) is 0 Å². The molecule has 1 atom stereocenters. The molecule has 0 heterocycles. The van der Waals surface area contributed by atoms with E-state index in [9.17, 15) is 9.28 Å². The fraction of sp³-hybridized carbons (Fsp3) is 0.300. The fourth-order valence-corrected chi connectivity index (χ4v) is 1.16. The Balaban J connectivity index is 0.00000196. The molecule has 0 spiro atoms. The molecular weight excluding hydrogens is 221 g/mol. The van der Waals surface area contributed by atoms with Gasteiger partial charge in [0.1, 0.15) is 6.04 Å². The van der Waals surface area contributed by atoms with E-state index in [2.05, 4.69) is 4.74 Å². The topological polar surface area (TPSA) is 38.3 Å². The first-order valence-electron chi connectivity index (χ1n) is 4.26. The number of nitrogens with one attached hydrogen (secondary N) is 1. The van der Waals surface area contributed by atoms with Crippen molar-refractivity contribution in [2.45, 2.75) is 12.5 Å². The van der Waals surface area contributed by atoms with Crippen molar-refractivity contribution in [3.63, 3.8) is 0 Å². The highest BCUT2D eigenvalue weighted by molar-refractivity contribution is 5.85. The van der Waals surface area contributed by atoms with Crippen LogP contribution in [0.3, 0.4) is 0 Å². The Morgan fingerprint density at radius 3 is 2.53 bits per heavy atom. The SMILES string of the molecule is COC(=O)C(Cc1ccccc1)NF.Cl. The summed E-state index contributed by atoms with van der Waals surface area (Å²) in [4.78, 5) is 11.0. The maximum Gasteiger partial charge on any atom is 0.325 e. The molecule has 1 N–H and O–H groups in total. The zero-order valence-corrected chi connectivity index (χ0v) is 9.09. The van der Waals surface area contributed by atoms with Gasteiger partial charge < -0.3 is 4.74 Å². The van der Waals surface area contributed by atoms with Gasteiger partial charge in [-0.15, -0.1) is 22.4 Å². The van der Waals surface area contributed by atoms with Crippen molar-refractivity contribution in [2.24, 2.45) is 0 Å². The average Bonchev–Trinajstić information content (AvgIpc) is 2.26. The summed E-state index contributed by atoms with van der Waals surface area (Å²) in [5.74, 6) is -0.601. The molecule has 0 fully saturated rings. The molecule has 0 aromatic heterocycles. The van der Waals surface area contributed by atoms with Crippen LogP contribution in [0, 0.1) is 0 Å². The standard InChI is InChI=1S/C10H12FNO2.ClH/c1-14-10(13)9(12-11)7-8-5-3-2-4-6-8;/h2-6,9,12H,7H2,1H3;1H. The summed E-state index contributed by atoms with van der Waals surface area (Å²) < 4.78 is 16.7. The van der Waals surface area contributed by atoms with Crippen LogP contribution in [0.25, 0.3) is 0 Å². The Labute approximate surface area is 94.0 Å². The molecule has 0 aliphatic carbocycles. The summed E-state index contributed by atoms with van der Waals surface area (Å²) >= 11 is 0. The zero-order valence-electron chi connectivity index (χ0n) is 8.27. The third kappa shape index (κ3) is 4.27. The Morgan fingerprint density at radius 1 is 1.47 bits per heavy atom. The van der Waals surface area contributed by atoms with Gasteiger partial charge in [-0.05, 0) is 5.56 Å². The second-order valence-electron chi connectivity index (χ2n) is 2.87. The molecule has 3 nitrogen and oxygen atoms in total. The predicted molar refractivity (Wildman–Crippen MR) is 57.4 cm³/mol. The third-order valence-corrected chi connectivity index (χ3v) is 1.90. The van der Waals surface area contributed by atoms with Crippen LogP contribution in [0.5, 0.6) is 0 Å². The molecule has 1 rings (SSSR count). The highest BCUT2D eigenvalue weighted by Gasteiger charge is 2.18. The van der Waals surface area contributed by atoms with E-state index in [1.165, 1.54) is 12.6 Å². The van der Waals surface area contributed by atoms with Gasteiger partial charge in [-0.3, -0.25) is 4.79 Å². The van der Waals surface area contributed by atoms with Crippen LogP contribution in [0.4, 0.5) is 4.48 Å². The van der Waals surface area contributed by atoms with Crippen molar-refractivity contribution in [3.05, 3.63) is 35.9 Å². The molecule has 0 aliphatic rings. The van der Waals surface area contributed by atoms with Gasteiger partial charge in [0.2, 0.25) is 0 Å². The van der Waals surface area contributed by atoms with Gasteiger partial charge >= 0.3 is 5.97 Å². The van der Waals surface area contributed by atoms with Crippen LogP contribution >= 0.6 is 12.4 Å². The third-order valence-electron chi connectivity index (χ3n) is 1.90. The number of rotatable bonds is 4. The van der Waals surface area contributed by atoms with E-state index in [0.29, 0.717) is 0 Å². The lowest BCUT2D eigenvalue weighted by Gasteiger charge is -2.10. The fourth-order valence-electron chi connectivity index (χ4n) is 1.16. The summed E-state index contributed by atoms with van der Waals surface area (Å²) in [6.45, 7) is 0. The summed E-state index contributed by atoms with van der Waals surface area (Å²) in [5.41, 5.74) is 2.31. The summed E-state index contributed by atoms with van der Waals surface area (Å²) in [6, 6.07) is 8.26. The number of hydrogen-bond acceptors (Lipinski definition) is 3. The lowest BCUT2D eigenvalue weighted by Crippen LogP contribution is -2.34. The molecule has 0 bridgehead atoms. The van der Waals surface area contributed by atoms with Crippen LogP contribution in [0.2, 0.25) is 0 Å². The Kier molecular flexibility index (Phi) is 6.66. The molecule has 0 saturated heterocycles. The average molecular weight is 234 g/mol. The second-order valence-corrected chi connectivity index (χ2v) is 2.87. The van der Waals surface area contributed by atoms with Crippen LogP contribution in [0.15, 0.2) is 30.3 Å². The predicted octanol–water partition coefficient (Wildman–Crippen LogP) is 1.67. The molecule has 5 heteroatoms. The Bertz CT molecular complexity index is 295. The number of carbonyl (C=O) groups excluding carboxylic acids is 1. The number of carbonyl (C=O) groups is 1. The highest BCUT2D eigenvalue weighted by atomic mass is 35.5. The number of esters is 1. The van der Waals surface area contributed by atoms with Crippen molar-refractivity contribution in [3.8, 4) is 0 Å². The minimum Gasteiger partial charge on any atom is -0.468 e. The minimum atomic E-state index is -0.928. The van der Waals surface area contributed by atoms with Gasteiger partial charge in [0.05, 0.1) is 7.11 Å². The van der Waals surface area contributed by atoms with E-state index < -0.39 is 12.0 Å². The number of benzene rings is 1. The molecule has 0 amide bonds. The molecule has 15 heavy (non-hydrogen) atoms. The summed E-state index contributed by atoms with van der Waals surface area (Å²) in [7, 11) is 1.23. The number of halogens is 2. The van der Waals surface area contributed by atoms with Gasteiger partial charge in [-0.1, -0.05) is 30.3 Å². The van der Waals surface area contributed by atoms with Crippen molar-refractivity contribution in [1.82, 2.24) is 5.54 Å². The van der Waals surface area contributed by atoms with Gasteiger partial charge in [-0.25, -0.2) is 0 Å². The monoisotopic (exact) mass is 233 g/mol. The normalized spacial score (nSPS) is 11.3. The van der Waals surface area contributed by atoms with Crippen molar-refractivity contribution >= 4 is 18.4 Å². The van der Waals surface area contributed by atoms with Crippen LogP contribution in [-0.4, -0.2) is 19.1 Å². The van der Waals surface area contributed by atoms with Gasteiger partial charge in [0.15, 0.2) is 0 Å². The van der Waals surface area contributed by atoms with E-state index in [1.807, 2.05) is 30.3 Å². The Hall–Kier alpha value is -1.13. The van der Waals surface area contributed by atoms with E-state index in [0.717, 1.165) is 5.56 Å². The van der Waals surface area contributed by atoms with Crippen molar-refractivity contribution < 1.29 is 14.0 Å². The minimum absolute atomic E-state index is 0. The Morgan fingerprint density at radius 2 is 2.07 bits per heavy atom. The molecular formula is C10H13ClFNO2. The number of methoxy groups -OCH3 is 1. The van der Waals surface area contributed by atoms with E-state index in [4.69, 9.17) is 0 Å². The molecule has 84 valence electrons. The zero-order chi connectivity index (χ0) is 10.4. The van der Waals surface area contributed by atoms with Gasteiger partial charge in [-0.2, -0.15) is 0 Å². The quantitative estimate of drug-likeness (QED) is 0.635.